The topological polar surface area (TPSA) is 52.6 Å². The lowest BCUT2D eigenvalue weighted by Gasteiger charge is -2.38. The molecule has 0 N–H and O–H groups in total. The average molecular weight is 559 g/mol. The summed E-state index contributed by atoms with van der Waals surface area (Å²) in [4.78, 5) is 0.0230. The van der Waals surface area contributed by atoms with E-state index in [9.17, 15) is 17.2 Å². The highest BCUT2D eigenvalue weighted by atomic mass is 35.5. The smallest absolute Gasteiger partial charge is 0.192 e. The van der Waals surface area contributed by atoms with Crippen LogP contribution in [0.4, 0.5) is 8.78 Å². The van der Waals surface area contributed by atoms with Gasteiger partial charge >= 0.3 is 0 Å². The fourth-order valence-corrected chi connectivity index (χ4v) is 8.13. The summed E-state index contributed by atoms with van der Waals surface area (Å²) in [5.41, 5.74) is -0.226. The molecule has 1 heterocycles. The maximum atomic E-state index is 15.0. The van der Waals surface area contributed by atoms with Gasteiger partial charge in [0.1, 0.15) is 11.1 Å². The van der Waals surface area contributed by atoms with Gasteiger partial charge in [0.2, 0.25) is 0 Å². The molecule has 0 spiro atoms. The van der Waals surface area contributed by atoms with Crippen LogP contribution in [0.2, 0.25) is 23.2 Å². The van der Waals surface area contributed by atoms with Gasteiger partial charge in [0.05, 0.1) is 17.1 Å². The molecule has 36 heavy (non-hydrogen) atoms. The van der Waals surface area contributed by atoms with E-state index in [-0.39, 0.29) is 34.0 Å². The van der Waals surface area contributed by atoms with E-state index in [2.05, 4.69) is 40.8 Å². The lowest BCUT2D eigenvalue weighted by atomic mass is 9.90. The van der Waals surface area contributed by atoms with E-state index in [1.54, 1.807) is 0 Å². The summed E-state index contributed by atoms with van der Waals surface area (Å²) in [5, 5.41) is -0.736. The first-order chi connectivity index (χ1) is 16.6. The van der Waals surface area contributed by atoms with E-state index in [1.807, 2.05) is 0 Å². The van der Waals surface area contributed by atoms with Crippen molar-refractivity contribution in [3.63, 3.8) is 0 Å². The molecule has 4 nitrogen and oxygen atoms in total. The predicted molar refractivity (Wildman–Crippen MR) is 143 cm³/mol. The van der Waals surface area contributed by atoms with E-state index >= 15 is 0 Å². The summed E-state index contributed by atoms with van der Waals surface area (Å²) in [5.74, 6) is -2.39. The largest absolute Gasteiger partial charge is 0.490 e. The molecular weight excluding hydrogens is 522 g/mol. The predicted octanol–water partition coefficient (Wildman–Crippen LogP) is 8.11. The first kappa shape index (κ1) is 29.1. The number of halogens is 3. The van der Waals surface area contributed by atoms with Crippen LogP contribution in [0.3, 0.4) is 0 Å². The summed E-state index contributed by atoms with van der Waals surface area (Å²) in [7, 11) is -5.91. The van der Waals surface area contributed by atoms with Crippen molar-refractivity contribution in [1.29, 1.82) is 0 Å². The molecule has 2 aromatic carbocycles. The monoisotopic (exact) mass is 558 g/mol. The Morgan fingerprint density at radius 1 is 1.08 bits per heavy atom. The molecule has 0 saturated carbocycles. The average Bonchev–Trinajstić information content (AvgIpc) is 2.78. The van der Waals surface area contributed by atoms with Gasteiger partial charge in [-0.15, -0.1) is 0 Å². The summed E-state index contributed by atoms with van der Waals surface area (Å²) in [6, 6.07) is 7.70. The zero-order chi connectivity index (χ0) is 26.9. The fourth-order valence-electron chi connectivity index (χ4n) is 4.47. The Labute approximate surface area is 220 Å². The third-order valence-corrected chi connectivity index (χ3v) is 14.5. The Bertz CT molecular complexity index is 1160. The second-order valence-corrected chi connectivity index (χ2v) is 18.5. The van der Waals surface area contributed by atoms with Crippen molar-refractivity contribution < 1.29 is 26.4 Å². The van der Waals surface area contributed by atoms with E-state index in [0.29, 0.717) is 11.4 Å². The maximum absolute atomic E-state index is 15.0. The normalized spacial score (nSPS) is 19.5. The number of unbranched alkanes of at least 4 members (excludes halogenated alkanes) is 1. The van der Waals surface area contributed by atoms with Crippen LogP contribution in [0, 0.1) is 17.6 Å². The third kappa shape index (κ3) is 6.32. The van der Waals surface area contributed by atoms with Crippen molar-refractivity contribution in [2.45, 2.75) is 87.8 Å². The molecule has 1 aliphatic heterocycles. The molecule has 0 amide bonds. The van der Waals surface area contributed by atoms with Gasteiger partial charge in [0.25, 0.3) is 0 Å². The van der Waals surface area contributed by atoms with Crippen LogP contribution < -0.4 is 4.74 Å². The molecule has 0 aliphatic carbocycles. The number of ether oxygens (including phenoxy) is 1. The first-order valence-corrected chi connectivity index (χ1v) is 17.3. The lowest BCUT2D eigenvalue weighted by molar-refractivity contribution is 0.175. The van der Waals surface area contributed by atoms with Crippen LogP contribution in [0.5, 0.6) is 5.75 Å². The lowest BCUT2D eigenvalue weighted by Crippen LogP contribution is -2.43. The number of hydrogen-bond acceptors (Lipinski definition) is 4. The van der Waals surface area contributed by atoms with Crippen LogP contribution in [-0.4, -0.2) is 29.4 Å². The minimum absolute atomic E-state index is 0.000875. The van der Waals surface area contributed by atoms with Crippen LogP contribution in [0.15, 0.2) is 41.3 Å². The van der Waals surface area contributed by atoms with Gasteiger partial charge in [0, 0.05) is 17.0 Å². The highest BCUT2D eigenvalue weighted by molar-refractivity contribution is 7.91. The Morgan fingerprint density at radius 2 is 1.69 bits per heavy atom. The highest BCUT2D eigenvalue weighted by Crippen LogP contribution is 2.47. The van der Waals surface area contributed by atoms with Gasteiger partial charge < -0.3 is 9.16 Å². The molecule has 1 aliphatic rings. The number of sulfone groups is 1. The number of fused-ring (bicyclic) bond motifs is 1. The molecule has 0 aromatic heterocycles. The van der Waals surface area contributed by atoms with E-state index in [0.717, 1.165) is 31.4 Å². The molecule has 0 saturated heterocycles. The maximum Gasteiger partial charge on any atom is 0.192 e. The van der Waals surface area contributed by atoms with Gasteiger partial charge in [-0.2, -0.15) is 0 Å². The van der Waals surface area contributed by atoms with Crippen molar-refractivity contribution >= 4 is 29.8 Å². The van der Waals surface area contributed by atoms with Crippen molar-refractivity contribution in [3.05, 3.63) is 58.6 Å². The van der Waals surface area contributed by atoms with E-state index in [1.165, 1.54) is 24.3 Å². The van der Waals surface area contributed by atoms with Gasteiger partial charge in [-0.3, -0.25) is 0 Å². The second-order valence-electron chi connectivity index (χ2n) is 11.2. The first-order valence-electron chi connectivity index (χ1n) is 12.4. The van der Waals surface area contributed by atoms with Gasteiger partial charge in [0.15, 0.2) is 29.7 Å². The number of rotatable bonds is 9. The highest BCUT2D eigenvalue weighted by Gasteiger charge is 2.44. The quantitative estimate of drug-likeness (QED) is 0.230. The molecule has 9 heteroatoms. The Balaban J connectivity index is 1.79. The molecule has 3 rings (SSSR count). The fraction of sp³-hybridized carbons (Fsp3) is 0.556. The van der Waals surface area contributed by atoms with Gasteiger partial charge in [-0.1, -0.05) is 45.2 Å². The van der Waals surface area contributed by atoms with Crippen LogP contribution in [0.25, 0.3) is 0 Å². The second kappa shape index (κ2) is 11.1. The van der Waals surface area contributed by atoms with Crippen LogP contribution >= 0.6 is 11.6 Å². The van der Waals surface area contributed by atoms with Crippen molar-refractivity contribution in [2.24, 2.45) is 5.92 Å². The minimum Gasteiger partial charge on any atom is -0.490 e. The summed E-state index contributed by atoms with van der Waals surface area (Å²) >= 11 is 5.95. The Hall–Kier alpha value is -1.48. The molecule has 3 atom stereocenters. The number of benzene rings is 2. The Morgan fingerprint density at radius 3 is 2.31 bits per heavy atom. The van der Waals surface area contributed by atoms with Crippen molar-refractivity contribution in [2.75, 3.05) is 6.61 Å². The van der Waals surface area contributed by atoms with Gasteiger partial charge in [-0.25, -0.2) is 17.2 Å². The third-order valence-electron chi connectivity index (χ3n) is 7.46. The Kier molecular flexibility index (Phi) is 8.96. The minimum atomic E-state index is -4.04. The van der Waals surface area contributed by atoms with E-state index < -0.39 is 41.0 Å². The van der Waals surface area contributed by atoms with Gasteiger partial charge in [-0.05, 0) is 74.3 Å². The zero-order valence-electron chi connectivity index (χ0n) is 21.9. The molecule has 200 valence electrons. The SMILES string of the molecule is CC(CCCCC1COc2c(F)ccc(F)c2C1S(=O)(=O)c1ccc(Cl)cc1)O[Si](C)(C)C(C)(C)C. The molecule has 3 unspecified atom stereocenters. The number of hydrogen-bond donors (Lipinski definition) is 0. The van der Waals surface area contributed by atoms with Crippen LogP contribution in [-0.2, 0) is 14.3 Å². The molecule has 0 fully saturated rings. The standard InChI is InChI=1S/C27H37ClF2O4SSi/c1-18(34-36(5,6)27(2,3)4)9-7-8-10-19-17-33-25-23(30)16-15-22(29)24(25)26(19)35(31,32)21-13-11-20(28)12-14-21/h11-16,18-19,26H,7-10,17H2,1-6H3. The zero-order valence-corrected chi connectivity index (χ0v) is 24.5. The molecule has 0 bridgehead atoms. The molecule has 0 radical (unpaired) electrons. The van der Waals surface area contributed by atoms with Crippen LogP contribution in [0.1, 0.15) is 64.2 Å². The summed E-state index contributed by atoms with van der Waals surface area (Å²) < 4.78 is 68.9. The molecular formula is C27H37ClF2O4SSi. The summed E-state index contributed by atoms with van der Waals surface area (Å²) in [6.45, 7) is 13.1. The molecule has 2 aromatic rings. The summed E-state index contributed by atoms with van der Waals surface area (Å²) in [6.07, 6.45) is 2.99. The van der Waals surface area contributed by atoms with Crippen molar-refractivity contribution in [3.8, 4) is 5.75 Å². The van der Waals surface area contributed by atoms with Crippen molar-refractivity contribution in [1.82, 2.24) is 0 Å². The van der Waals surface area contributed by atoms with E-state index in [4.69, 9.17) is 20.8 Å².